The highest BCUT2D eigenvalue weighted by atomic mass is 19.1. The number of allylic oxidation sites excluding steroid dienone is 2. The number of azo groups is 1. The van der Waals surface area contributed by atoms with Crippen molar-refractivity contribution < 1.29 is 18.7 Å². The minimum absolute atomic E-state index is 0.216. The van der Waals surface area contributed by atoms with Gasteiger partial charge in [0.1, 0.15) is 17.3 Å². The molecule has 1 N–H and O–H groups in total. The molecule has 0 fully saturated rings. The fraction of sp³-hybridized carbons (Fsp3) is 0.182. The van der Waals surface area contributed by atoms with Gasteiger partial charge in [0.25, 0.3) is 0 Å². The van der Waals surface area contributed by atoms with Crippen molar-refractivity contribution in [1.29, 1.82) is 0 Å². The second kappa shape index (κ2) is 5.29. The molecule has 0 radical (unpaired) electrons. The first kappa shape index (κ1) is 13.0. The number of halogens is 2. The van der Waals surface area contributed by atoms with Crippen LogP contribution in [0.1, 0.15) is 13.8 Å². The zero-order valence-electron chi connectivity index (χ0n) is 9.24. The van der Waals surface area contributed by atoms with Gasteiger partial charge >= 0.3 is 0 Å². The molecule has 17 heavy (non-hydrogen) atoms. The first-order valence-corrected chi connectivity index (χ1v) is 4.69. The van der Waals surface area contributed by atoms with E-state index in [0.29, 0.717) is 6.07 Å². The molecule has 0 bridgehead atoms. The van der Waals surface area contributed by atoms with Crippen LogP contribution in [0.3, 0.4) is 0 Å². The highest BCUT2D eigenvalue weighted by Crippen LogP contribution is 2.20. The maximum Gasteiger partial charge on any atom is 0.183 e. The minimum Gasteiger partial charge on any atom is -0.510 e. The molecule has 0 atom stereocenters. The number of ketones is 1. The number of aliphatic hydroxyl groups is 1. The van der Waals surface area contributed by atoms with Gasteiger partial charge in [0.05, 0.1) is 0 Å². The molecule has 6 heteroatoms. The van der Waals surface area contributed by atoms with Gasteiger partial charge in [-0.1, -0.05) is 0 Å². The Kier molecular flexibility index (Phi) is 4.03. The van der Waals surface area contributed by atoms with E-state index in [1.54, 1.807) is 0 Å². The molecule has 0 unspecified atom stereocenters. The third kappa shape index (κ3) is 3.44. The average Bonchev–Trinajstić information content (AvgIpc) is 2.20. The van der Waals surface area contributed by atoms with Gasteiger partial charge in [0.15, 0.2) is 17.3 Å². The summed E-state index contributed by atoms with van der Waals surface area (Å²) in [5.74, 6) is -2.45. The third-order valence-electron chi connectivity index (χ3n) is 1.84. The Morgan fingerprint density at radius 2 is 1.94 bits per heavy atom. The molecule has 0 saturated heterocycles. The summed E-state index contributed by atoms with van der Waals surface area (Å²) in [6, 6.07) is 2.75. The van der Waals surface area contributed by atoms with Crippen molar-refractivity contribution in [2.45, 2.75) is 13.8 Å². The maximum atomic E-state index is 13.1. The molecule has 1 rings (SSSR count). The third-order valence-corrected chi connectivity index (χ3v) is 1.84. The quantitative estimate of drug-likeness (QED) is 0.499. The second-order valence-electron chi connectivity index (χ2n) is 3.29. The van der Waals surface area contributed by atoms with Crippen molar-refractivity contribution >= 4 is 11.5 Å². The number of hydrogen-bond acceptors (Lipinski definition) is 4. The van der Waals surface area contributed by atoms with Gasteiger partial charge in [-0.2, -0.15) is 0 Å². The summed E-state index contributed by atoms with van der Waals surface area (Å²) >= 11 is 0. The Hall–Kier alpha value is -2.11. The maximum absolute atomic E-state index is 13.1. The zero-order chi connectivity index (χ0) is 13.0. The monoisotopic (exact) mass is 240 g/mol. The van der Waals surface area contributed by atoms with E-state index >= 15 is 0 Å². The van der Waals surface area contributed by atoms with Gasteiger partial charge in [0.2, 0.25) is 0 Å². The van der Waals surface area contributed by atoms with Crippen LogP contribution in [0.2, 0.25) is 0 Å². The van der Waals surface area contributed by atoms with E-state index in [-0.39, 0.29) is 17.1 Å². The molecule has 0 spiro atoms. The van der Waals surface area contributed by atoms with E-state index in [9.17, 15) is 13.6 Å². The molecule has 0 amide bonds. The van der Waals surface area contributed by atoms with Gasteiger partial charge in [0, 0.05) is 13.0 Å². The van der Waals surface area contributed by atoms with Crippen molar-refractivity contribution in [2.24, 2.45) is 10.2 Å². The number of Topliss-reactive ketones (excluding diaryl/α,β-unsaturated/α-hetero) is 1. The lowest BCUT2D eigenvalue weighted by molar-refractivity contribution is -0.113. The number of carbonyl (C=O) groups is 1. The predicted octanol–water partition coefficient (Wildman–Crippen LogP) is 3.43. The van der Waals surface area contributed by atoms with Gasteiger partial charge in [-0.05, 0) is 19.1 Å². The lowest BCUT2D eigenvalue weighted by Gasteiger charge is -1.98. The summed E-state index contributed by atoms with van der Waals surface area (Å²) in [6.07, 6.45) is 0. The number of rotatable bonds is 3. The highest BCUT2D eigenvalue weighted by molar-refractivity contribution is 5.93. The summed E-state index contributed by atoms with van der Waals surface area (Å²) in [5.41, 5.74) is -0.486. The first-order valence-electron chi connectivity index (χ1n) is 4.69. The van der Waals surface area contributed by atoms with Crippen LogP contribution in [0.25, 0.3) is 0 Å². The van der Waals surface area contributed by atoms with Crippen LogP contribution in [0, 0.1) is 11.6 Å². The summed E-state index contributed by atoms with van der Waals surface area (Å²) < 4.78 is 25.7. The van der Waals surface area contributed by atoms with Crippen LogP contribution in [-0.4, -0.2) is 10.9 Å². The molecule has 0 aliphatic rings. The fourth-order valence-corrected chi connectivity index (χ4v) is 1.06. The lowest BCUT2D eigenvalue weighted by atomic mass is 10.3. The molecule has 0 heterocycles. The SMILES string of the molecule is CC(=O)/C(N=Nc1ccc(F)cc1F)=C(\C)O. The van der Waals surface area contributed by atoms with E-state index in [2.05, 4.69) is 10.2 Å². The molecule has 4 nitrogen and oxygen atoms in total. The smallest absolute Gasteiger partial charge is 0.183 e. The second-order valence-corrected chi connectivity index (χ2v) is 3.29. The van der Waals surface area contributed by atoms with Crippen LogP contribution in [0.15, 0.2) is 39.9 Å². The summed E-state index contributed by atoms with van der Waals surface area (Å²) in [7, 11) is 0. The van der Waals surface area contributed by atoms with E-state index in [4.69, 9.17) is 5.11 Å². The Labute approximate surface area is 96.3 Å². The number of nitrogens with zero attached hydrogens (tertiary/aromatic N) is 2. The molecule has 1 aromatic rings. The van der Waals surface area contributed by atoms with Gasteiger partial charge in [-0.15, -0.1) is 10.2 Å². The summed E-state index contributed by atoms with van der Waals surface area (Å²) in [5, 5.41) is 16.0. The van der Waals surface area contributed by atoms with Crippen LogP contribution < -0.4 is 0 Å². The van der Waals surface area contributed by atoms with Crippen LogP contribution in [-0.2, 0) is 4.79 Å². The highest BCUT2D eigenvalue weighted by Gasteiger charge is 2.08. The Morgan fingerprint density at radius 1 is 1.29 bits per heavy atom. The van der Waals surface area contributed by atoms with Gasteiger partial charge in [-0.3, -0.25) is 4.79 Å². The predicted molar refractivity (Wildman–Crippen MR) is 56.9 cm³/mol. The average molecular weight is 240 g/mol. The van der Waals surface area contributed by atoms with E-state index in [1.807, 2.05) is 0 Å². The zero-order valence-corrected chi connectivity index (χ0v) is 9.24. The van der Waals surface area contributed by atoms with Gasteiger partial charge in [-0.25, -0.2) is 8.78 Å². The molecular formula is C11H10F2N2O2. The number of hydrogen-bond donors (Lipinski definition) is 1. The van der Waals surface area contributed by atoms with Crippen molar-refractivity contribution in [3.05, 3.63) is 41.3 Å². The topological polar surface area (TPSA) is 62.0 Å². The Bertz CT molecular complexity index is 506. The molecule has 0 aliphatic heterocycles. The van der Waals surface area contributed by atoms with E-state index < -0.39 is 17.4 Å². The van der Waals surface area contributed by atoms with E-state index in [1.165, 1.54) is 13.8 Å². The molecular weight excluding hydrogens is 230 g/mol. The molecule has 90 valence electrons. The molecule has 0 saturated carbocycles. The van der Waals surface area contributed by atoms with Crippen molar-refractivity contribution in [2.75, 3.05) is 0 Å². The van der Waals surface area contributed by atoms with Gasteiger partial charge < -0.3 is 5.11 Å². The first-order chi connectivity index (χ1) is 7.91. The minimum atomic E-state index is -0.896. The number of carbonyl (C=O) groups excluding carboxylic acids is 1. The Balaban J connectivity index is 3.05. The standard InChI is InChI=1S/C11H10F2N2O2/c1-6(16)11(7(2)17)15-14-10-4-3-8(12)5-9(10)13/h3-5,16H,1-2H3/b11-6-,15-14?. The molecule has 1 aromatic carbocycles. The summed E-state index contributed by atoms with van der Waals surface area (Å²) in [4.78, 5) is 11.0. The van der Waals surface area contributed by atoms with Crippen LogP contribution >= 0.6 is 0 Å². The largest absolute Gasteiger partial charge is 0.510 e. The number of aliphatic hydroxyl groups excluding tert-OH is 1. The number of benzene rings is 1. The van der Waals surface area contributed by atoms with Crippen LogP contribution in [0.4, 0.5) is 14.5 Å². The van der Waals surface area contributed by atoms with E-state index in [0.717, 1.165) is 12.1 Å². The fourth-order valence-electron chi connectivity index (χ4n) is 1.06. The van der Waals surface area contributed by atoms with Crippen LogP contribution in [0.5, 0.6) is 0 Å². The lowest BCUT2D eigenvalue weighted by Crippen LogP contribution is -1.96. The molecule has 0 aliphatic carbocycles. The van der Waals surface area contributed by atoms with Crippen molar-refractivity contribution in [3.8, 4) is 0 Å². The van der Waals surface area contributed by atoms with Crippen molar-refractivity contribution in [1.82, 2.24) is 0 Å². The normalized spacial score (nSPS) is 12.7. The molecule has 0 aromatic heterocycles. The Morgan fingerprint density at radius 3 is 2.41 bits per heavy atom. The summed E-state index contributed by atoms with van der Waals surface area (Å²) in [6.45, 7) is 2.45. The van der Waals surface area contributed by atoms with Crippen molar-refractivity contribution in [3.63, 3.8) is 0 Å².